The van der Waals surface area contributed by atoms with Crippen molar-refractivity contribution in [2.24, 2.45) is 5.92 Å². The van der Waals surface area contributed by atoms with Gasteiger partial charge in [-0.2, -0.15) is 0 Å². The Bertz CT molecular complexity index is 159. The molecule has 0 saturated carbocycles. The third kappa shape index (κ3) is 2.36. The number of ether oxygens (including phenoxy) is 1. The molecule has 2 rings (SSSR count). The van der Waals surface area contributed by atoms with E-state index in [9.17, 15) is 0 Å². The molecule has 0 aromatic carbocycles. The number of hydrogen-bond donors (Lipinski definition) is 0. The molecule has 0 spiro atoms. The summed E-state index contributed by atoms with van der Waals surface area (Å²) in [4.78, 5) is 2.59. The molecule has 2 heterocycles. The zero-order valence-electron chi connectivity index (χ0n) is 8.04. The molecule has 13 heavy (non-hydrogen) atoms. The second-order valence-corrected chi connectivity index (χ2v) is 4.52. The molecule has 2 atom stereocenters. The van der Waals surface area contributed by atoms with Gasteiger partial charge in [0.25, 0.3) is 0 Å². The molecule has 0 radical (unpaired) electrons. The van der Waals surface area contributed by atoms with Crippen molar-refractivity contribution in [3.8, 4) is 0 Å². The Hall–Kier alpha value is 0.210. The van der Waals surface area contributed by atoms with E-state index in [0.29, 0.717) is 6.04 Å². The maximum Gasteiger partial charge on any atom is 0.0622 e. The number of rotatable bonds is 3. The molecule has 0 aromatic heterocycles. The van der Waals surface area contributed by atoms with Crippen LogP contribution in [0, 0.1) is 5.92 Å². The first-order chi connectivity index (χ1) is 6.40. The molecule has 76 valence electrons. The molecule has 2 unspecified atom stereocenters. The van der Waals surface area contributed by atoms with Gasteiger partial charge in [-0.05, 0) is 31.7 Å². The average Bonchev–Trinajstić information content (AvgIpc) is 2.70. The molecular weight excluding hydrogens is 186 g/mol. The fourth-order valence-corrected chi connectivity index (χ4v) is 2.70. The van der Waals surface area contributed by atoms with Gasteiger partial charge in [-0.15, -0.1) is 11.6 Å². The molecular formula is C10H18ClNO. The second-order valence-electron chi connectivity index (χ2n) is 4.14. The molecule has 3 heteroatoms. The van der Waals surface area contributed by atoms with Crippen molar-refractivity contribution in [1.29, 1.82) is 0 Å². The van der Waals surface area contributed by atoms with Crippen LogP contribution in [0.1, 0.15) is 19.3 Å². The number of alkyl halides is 1. The van der Waals surface area contributed by atoms with Crippen LogP contribution >= 0.6 is 11.6 Å². The van der Waals surface area contributed by atoms with Crippen molar-refractivity contribution in [3.05, 3.63) is 0 Å². The Labute approximate surface area is 85.2 Å². The Balaban J connectivity index is 1.76. The first kappa shape index (κ1) is 9.75. The molecule has 0 aliphatic carbocycles. The lowest BCUT2D eigenvalue weighted by molar-refractivity contribution is 0.156. The van der Waals surface area contributed by atoms with Gasteiger partial charge in [-0.3, -0.25) is 4.90 Å². The normalized spacial score (nSPS) is 35.8. The quantitative estimate of drug-likeness (QED) is 0.648. The van der Waals surface area contributed by atoms with Crippen molar-refractivity contribution in [1.82, 2.24) is 4.90 Å². The van der Waals surface area contributed by atoms with Crippen LogP contribution < -0.4 is 0 Å². The zero-order valence-corrected chi connectivity index (χ0v) is 8.80. The first-order valence-corrected chi connectivity index (χ1v) is 5.81. The molecule has 0 aromatic rings. The smallest absolute Gasteiger partial charge is 0.0622 e. The maximum absolute atomic E-state index is 5.75. The SMILES string of the molecule is ClCCC1CCN(C2CCOC2)C1. The summed E-state index contributed by atoms with van der Waals surface area (Å²) in [6, 6.07) is 0.709. The van der Waals surface area contributed by atoms with E-state index >= 15 is 0 Å². The number of halogens is 1. The molecule has 2 aliphatic rings. The number of hydrogen-bond acceptors (Lipinski definition) is 2. The lowest BCUT2D eigenvalue weighted by Gasteiger charge is -2.21. The van der Waals surface area contributed by atoms with Gasteiger partial charge in [-0.25, -0.2) is 0 Å². The minimum atomic E-state index is 0.709. The van der Waals surface area contributed by atoms with E-state index in [-0.39, 0.29) is 0 Å². The summed E-state index contributed by atoms with van der Waals surface area (Å²) in [7, 11) is 0. The van der Waals surface area contributed by atoms with Crippen LogP contribution in [-0.2, 0) is 4.74 Å². The third-order valence-electron chi connectivity index (χ3n) is 3.26. The fourth-order valence-electron chi connectivity index (χ4n) is 2.39. The standard InChI is InChI=1S/C10H18ClNO/c11-4-1-9-2-5-12(7-9)10-3-6-13-8-10/h9-10H,1-8H2. The maximum atomic E-state index is 5.75. The van der Waals surface area contributed by atoms with Gasteiger partial charge in [0.1, 0.15) is 0 Å². The van der Waals surface area contributed by atoms with E-state index in [1.165, 1.54) is 32.4 Å². The molecule has 0 amide bonds. The zero-order chi connectivity index (χ0) is 9.10. The van der Waals surface area contributed by atoms with Crippen LogP contribution in [0.4, 0.5) is 0 Å². The van der Waals surface area contributed by atoms with Gasteiger partial charge in [-0.1, -0.05) is 0 Å². The van der Waals surface area contributed by atoms with Crippen LogP contribution in [0.5, 0.6) is 0 Å². The van der Waals surface area contributed by atoms with Crippen LogP contribution in [0.25, 0.3) is 0 Å². The predicted octanol–water partition coefficient (Wildman–Crippen LogP) is 1.73. The summed E-state index contributed by atoms with van der Waals surface area (Å²) in [6.45, 7) is 4.42. The summed E-state index contributed by atoms with van der Waals surface area (Å²) in [6.07, 6.45) is 3.75. The lowest BCUT2D eigenvalue weighted by Crippen LogP contribution is -2.33. The summed E-state index contributed by atoms with van der Waals surface area (Å²) in [5.74, 6) is 1.66. The highest BCUT2D eigenvalue weighted by molar-refractivity contribution is 6.17. The molecule has 2 fully saturated rings. The molecule has 0 bridgehead atoms. The van der Waals surface area contributed by atoms with E-state index in [4.69, 9.17) is 16.3 Å². The monoisotopic (exact) mass is 203 g/mol. The average molecular weight is 204 g/mol. The Morgan fingerprint density at radius 3 is 3.00 bits per heavy atom. The summed E-state index contributed by atoms with van der Waals surface area (Å²) in [5, 5.41) is 0. The predicted molar refractivity (Wildman–Crippen MR) is 54.2 cm³/mol. The second kappa shape index (κ2) is 4.63. The minimum absolute atomic E-state index is 0.709. The van der Waals surface area contributed by atoms with Gasteiger partial charge in [0.05, 0.1) is 6.61 Å². The molecule has 2 nitrogen and oxygen atoms in total. The van der Waals surface area contributed by atoms with E-state index in [1.54, 1.807) is 0 Å². The van der Waals surface area contributed by atoms with Crippen molar-refractivity contribution >= 4 is 11.6 Å². The Morgan fingerprint density at radius 1 is 1.38 bits per heavy atom. The van der Waals surface area contributed by atoms with Crippen LogP contribution in [0.15, 0.2) is 0 Å². The third-order valence-corrected chi connectivity index (χ3v) is 3.47. The lowest BCUT2D eigenvalue weighted by atomic mass is 10.1. The van der Waals surface area contributed by atoms with Crippen molar-refractivity contribution in [2.75, 3.05) is 32.2 Å². The largest absolute Gasteiger partial charge is 0.380 e. The fraction of sp³-hybridized carbons (Fsp3) is 1.00. The highest BCUT2D eigenvalue weighted by atomic mass is 35.5. The number of likely N-dealkylation sites (tertiary alicyclic amines) is 1. The van der Waals surface area contributed by atoms with Gasteiger partial charge in [0.15, 0.2) is 0 Å². The number of nitrogens with zero attached hydrogens (tertiary/aromatic N) is 1. The van der Waals surface area contributed by atoms with Crippen LogP contribution in [-0.4, -0.2) is 43.1 Å². The topological polar surface area (TPSA) is 12.5 Å². The van der Waals surface area contributed by atoms with Gasteiger partial charge < -0.3 is 4.74 Å². The van der Waals surface area contributed by atoms with Gasteiger partial charge in [0, 0.05) is 25.1 Å². The Morgan fingerprint density at radius 2 is 2.31 bits per heavy atom. The summed E-state index contributed by atoms with van der Waals surface area (Å²) >= 11 is 5.75. The van der Waals surface area contributed by atoms with E-state index in [0.717, 1.165) is 25.0 Å². The highest BCUT2D eigenvalue weighted by Gasteiger charge is 2.29. The molecule has 2 aliphatic heterocycles. The van der Waals surface area contributed by atoms with Crippen molar-refractivity contribution < 1.29 is 4.74 Å². The summed E-state index contributed by atoms with van der Waals surface area (Å²) < 4.78 is 5.40. The Kier molecular flexibility index (Phi) is 3.47. The van der Waals surface area contributed by atoms with Crippen molar-refractivity contribution in [2.45, 2.75) is 25.3 Å². The van der Waals surface area contributed by atoms with Crippen LogP contribution in [0.3, 0.4) is 0 Å². The molecule has 2 saturated heterocycles. The first-order valence-electron chi connectivity index (χ1n) is 5.28. The summed E-state index contributed by atoms with van der Waals surface area (Å²) in [5.41, 5.74) is 0. The van der Waals surface area contributed by atoms with Crippen LogP contribution in [0.2, 0.25) is 0 Å². The van der Waals surface area contributed by atoms with E-state index in [1.807, 2.05) is 0 Å². The van der Waals surface area contributed by atoms with E-state index < -0.39 is 0 Å². The highest BCUT2D eigenvalue weighted by Crippen LogP contribution is 2.24. The molecule has 0 N–H and O–H groups in total. The van der Waals surface area contributed by atoms with Crippen molar-refractivity contribution in [3.63, 3.8) is 0 Å². The van der Waals surface area contributed by atoms with E-state index in [2.05, 4.69) is 4.90 Å². The van der Waals surface area contributed by atoms with Gasteiger partial charge >= 0.3 is 0 Å². The van der Waals surface area contributed by atoms with Gasteiger partial charge in [0.2, 0.25) is 0 Å². The minimum Gasteiger partial charge on any atom is -0.380 e.